The molecule has 41 heavy (non-hydrogen) atoms. The van der Waals surface area contributed by atoms with Gasteiger partial charge >= 0.3 is 0 Å². The first-order chi connectivity index (χ1) is 20.2. The van der Waals surface area contributed by atoms with Crippen molar-refractivity contribution in [1.29, 1.82) is 0 Å². The summed E-state index contributed by atoms with van der Waals surface area (Å²) in [6.07, 6.45) is 5.34. The molecule has 7 nitrogen and oxygen atoms in total. The SMILES string of the molecule is COc1ccc(C(C(=O)NC2CCCCC2)N2C(=O)/C(=C(/c3ccccc3)N3CCOCC3)c3ccccc32)cc1. The van der Waals surface area contributed by atoms with Crippen LogP contribution >= 0.6 is 0 Å². The molecule has 3 aliphatic rings. The molecule has 1 aliphatic carbocycles. The predicted octanol–water partition coefficient (Wildman–Crippen LogP) is 5.43. The largest absolute Gasteiger partial charge is 0.497 e. The zero-order valence-corrected chi connectivity index (χ0v) is 23.6. The summed E-state index contributed by atoms with van der Waals surface area (Å²) < 4.78 is 11.1. The standard InChI is InChI=1S/C34H37N3O4/c1-40-27-18-16-25(17-19-27)32(33(38)35-26-12-6-3-7-13-26)37-29-15-9-8-14-28(29)30(34(37)39)31(24-10-4-2-5-11-24)36-20-22-41-23-21-36/h2,4-5,8-11,14-19,26,32H,3,6-7,12-13,20-23H2,1H3,(H,35,38)/b31-30-. The molecule has 1 atom stereocenters. The van der Waals surface area contributed by atoms with Crippen molar-refractivity contribution in [3.8, 4) is 5.75 Å². The summed E-state index contributed by atoms with van der Waals surface area (Å²) in [6.45, 7) is 2.57. The van der Waals surface area contributed by atoms with E-state index in [-0.39, 0.29) is 17.9 Å². The van der Waals surface area contributed by atoms with E-state index < -0.39 is 6.04 Å². The number of carbonyl (C=O) groups excluding carboxylic acids is 2. The van der Waals surface area contributed by atoms with Crippen LogP contribution in [0.4, 0.5) is 5.69 Å². The van der Waals surface area contributed by atoms with Gasteiger partial charge in [0.1, 0.15) is 11.8 Å². The number of benzene rings is 3. The molecule has 1 N–H and O–H groups in total. The highest BCUT2D eigenvalue weighted by Gasteiger charge is 2.43. The quantitative estimate of drug-likeness (QED) is 0.397. The molecule has 2 heterocycles. The molecule has 1 saturated carbocycles. The van der Waals surface area contributed by atoms with E-state index >= 15 is 0 Å². The molecule has 1 unspecified atom stereocenters. The minimum atomic E-state index is -0.823. The number of morpholine rings is 1. The number of hydrogen-bond acceptors (Lipinski definition) is 5. The molecular weight excluding hydrogens is 514 g/mol. The third-order valence-electron chi connectivity index (χ3n) is 8.37. The highest BCUT2D eigenvalue weighted by molar-refractivity contribution is 6.38. The monoisotopic (exact) mass is 551 g/mol. The lowest BCUT2D eigenvalue weighted by molar-refractivity contribution is -0.125. The fourth-order valence-corrected chi connectivity index (χ4v) is 6.32. The first-order valence-corrected chi connectivity index (χ1v) is 14.7. The molecule has 0 spiro atoms. The van der Waals surface area contributed by atoms with Crippen molar-refractivity contribution >= 4 is 28.8 Å². The van der Waals surface area contributed by atoms with Gasteiger partial charge in [0, 0.05) is 24.7 Å². The van der Waals surface area contributed by atoms with E-state index in [0.717, 1.165) is 53.8 Å². The first kappa shape index (κ1) is 27.1. The Hall–Kier alpha value is -4.10. The van der Waals surface area contributed by atoms with Gasteiger partial charge < -0.3 is 19.7 Å². The van der Waals surface area contributed by atoms with E-state index in [1.165, 1.54) is 6.42 Å². The summed E-state index contributed by atoms with van der Waals surface area (Å²) in [4.78, 5) is 32.9. The topological polar surface area (TPSA) is 71.1 Å². The lowest BCUT2D eigenvalue weighted by atomic mass is 9.94. The molecule has 3 aromatic carbocycles. The van der Waals surface area contributed by atoms with E-state index in [9.17, 15) is 9.59 Å². The first-order valence-electron chi connectivity index (χ1n) is 14.7. The summed E-state index contributed by atoms with van der Waals surface area (Å²) in [5.74, 6) is 0.378. The Morgan fingerprint density at radius 1 is 0.902 bits per heavy atom. The lowest BCUT2D eigenvalue weighted by Gasteiger charge is -2.33. The van der Waals surface area contributed by atoms with Crippen molar-refractivity contribution < 1.29 is 19.1 Å². The Kier molecular flexibility index (Phi) is 8.05. The molecule has 2 aliphatic heterocycles. The maximum Gasteiger partial charge on any atom is 0.262 e. The highest BCUT2D eigenvalue weighted by atomic mass is 16.5. The van der Waals surface area contributed by atoms with Crippen molar-refractivity contribution in [2.24, 2.45) is 0 Å². The molecule has 0 radical (unpaired) electrons. The number of fused-ring (bicyclic) bond motifs is 1. The number of para-hydroxylation sites is 1. The fraction of sp³-hybridized carbons (Fsp3) is 0.353. The number of ether oxygens (including phenoxy) is 2. The van der Waals surface area contributed by atoms with Gasteiger partial charge in [-0.05, 0) is 42.2 Å². The van der Waals surface area contributed by atoms with Gasteiger partial charge in [-0.25, -0.2) is 0 Å². The molecular formula is C34H37N3O4. The van der Waals surface area contributed by atoms with Gasteiger partial charge in [-0.3, -0.25) is 14.5 Å². The number of rotatable bonds is 7. The van der Waals surface area contributed by atoms with Gasteiger partial charge in [-0.15, -0.1) is 0 Å². The van der Waals surface area contributed by atoms with Crippen LogP contribution in [0.15, 0.2) is 78.9 Å². The average Bonchev–Trinajstić information content (AvgIpc) is 3.31. The molecule has 3 aromatic rings. The number of nitrogens with one attached hydrogen (secondary N) is 1. The van der Waals surface area contributed by atoms with Crippen LogP contribution in [0.3, 0.4) is 0 Å². The summed E-state index contributed by atoms with van der Waals surface area (Å²) >= 11 is 0. The Balaban J connectivity index is 1.49. The van der Waals surface area contributed by atoms with E-state index in [4.69, 9.17) is 9.47 Å². The van der Waals surface area contributed by atoms with Crippen LogP contribution in [0.2, 0.25) is 0 Å². The van der Waals surface area contributed by atoms with E-state index in [1.54, 1.807) is 12.0 Å². The number of carbonyl (C=O) groups is 2. The van der Waals surface area contributed by atoms with Crippen molar-refractivity contribution in [2.45, 2.75) is 44.2 Å². The van der Waals surface area contributed by atoms with Crippen LogP contribution in [0, 0.1) is 0 Å². The van der Waals surface area contributed by atoms with Gasteiger partial charge in [-0.2, -0.15) is 0 Å². The van der Waals surface area contributed by atoms with Crippen LogP contribution in [0.1, 0.15) is 54.8 Å². The third kappa shape index (κ3) is 5.46. The van der Waals surface area contributed by atoms with Crippen molar-refractivity contribution in [1.82, 2.24) is 10.2 Å². The molecule has 2 fully saturated rings. The number of hydrogen-bond donors (Lipinski definition) is 1. The normalized spacial score (nSPS) is 19.5. The Labute approximate surface area is 241 Å². The summed E-state index contributed by atoms with van der Waals surface area (Å²) in [6, 6.07) is 24.7. The van der Waals surface area contributed by atoms with Crippen LogP contribution < -0.4 is 15.0 Å². The average molecular weight is 552 g/mol. The Morgan fingerprint density at radius 3 is 2.29 bits per heavy atom. The number of methoxy groups -OCH3 is 1. The smallest absolute Gasteiger partial charge is 0.262 e. The molecule has 1 saturated heterocycles. The third-order valence-corrected chi connectivity index (χ3v) is 8.37. The second kappa shape index (κ2) is 12.2. The lowest BCUT2D eigenvalue weighted by Crippen LogP contribution is -2.46. The van der Waals surface area contributed by atoms with Gasteiger partial charge in [0.2, 0.25) is 5.91 Å². The summed E-state index contributed by atoms with van der Waals surface area (Å²) in [7, 11) is 1.62. The zero-order valence-electron chi connectivity index (χ0n) is 23.6. The summed E-state index contributed by atoms with van der Waals surface area (Å²) in [5.41, 5.74) is 4.81. The Morgan fingerprint density at radius 2 is 1.59 bits per heavy atom. The highest BCUT2D eigenvalue weighted by Crippen LogP contribution is 2.46. The van der Waals surface area contributed by atoms with E-state index in [0.29, 0.717) is 37.6 Å². The number of anilines is 1. The van der Waals surface area contributed by atoms with Crippen LogP contribution in [-0.2, 0) is 14.3 Å². The number of nitrogens with zero attached hydrogens (tertiary/aromatic N) is 2. The predicted molar refractivity (Wildman–Crippen MR) is 160 cm³/mol. The van der Waals surface area contributed by atoms with Crippen LogP contribution in [0.5, 0.6) is 5.75 Å². The second-order valence-electron chi connectivity index (χ2n) is 10.9. The minimum absolute atomic E-state index is 0.119. The molecule has 212 valence electrons. The van der Waals surface area contributed by atoms with Crippen molar-refractivity contribution in [3.63, 3.8) is 0 Å². The fourth-order valence-electron chi connectivity index (χ4n) is 6.32. The van der Waals surface area contributed by atoms with E-state index in [2.05, 4.69) is 10.2 Å². The molecule has 0 aromatic heterocycles. The maximum absolute atomic E-state index is 14.8. The van der Waals surface area contributed by atoms with Crippen LogP contribution in [0.25, 0.3) is 11.3 Å². The zero-order chi connectivity index (χ0) is 28.2. The van der Waals surface area contributed by atoms with Gasteiger partial charge in [0.25, 0.3) is 5.91 Å². The second-order valence-corrected chi connectivity index (χ2v) is 10.9. The van der Waals surface area contributed by atoms with E-state index in [1.807, 2.05) is 78.9 Å². The van der Waals surface area contributed by atoms with Gasteiger partial charge in [-0.1, -0.05) is 79.9 Å². The van der Waals surface area contributed by atoms with Gasteiger partial charge in [0.05, 0.1) is 37.3 Å². The molecule has 2 amide bonds. The molecule has 6 rings (SSSR count). The molecule has 0 bridgehead atoms. The van der Waals surface area contributed by atoms with Crippen molar-refractivity contribution in [3.05, 3.63) is 95.6 Å². The molecule has 7 heteroatoms. The minimum Gasteiger partial charge on any atom is -0.497 e. The van der Waals surface area contributed by atoms with Gasteiger partial charge in [0.15, 0.2) is 0 Å². The number of amides is 2. The summed E-state index contributed by atoms with van der Waals surface area (Å²) in [5, 5.41) is 3.31. The van der Waals surface area contributed by atoms with Crippen LogP contribution in [-0.4, -0.2) is 56.2 Å². The maximum atomic E-state index is 14.8. The Bertz CT molecular complexity index is 1410. The van der Waals surface area contributed by atoms with Crippen molar-refractivity contribution in [2.75, 3.05) is 38.3 Å².